The van der Waals surface area contributed by atoms with Crippen LogP contribution in [0.5, 0.6) is 11.5 Å². The second kappa shape index (κ2) is 11.5. The Hall–Kier alpha value is -4.16. The summed E-state index contributed by atoms with van der Waals surface area (Å²) in [4.78, 5) is 18.7. The molecule has 0 unspecified atom stereocenters. The zero-order valence-electron chi connectivity index (χ0n) is 20.3. The fourth-order valence-electron chi connectivity index (χ4n) is 3.38. The van der Waals surface area contributed by atoms with Gasteiger partial charge in [-0.2, -0.15) is 13.2 Å². The summed E-state index contributed by atoms with van der Waals surface area (Å²) >= 11 is 5.61. The summed E-state index contributed by atoms with van der Waals surface area (Å²) in [5.74, 6) is 1.64. The Labute approximate surface area is 221 Å². The van der Waals surface area contributed by atoms with Crippen molar-refractivity contribution in [2.24, 2.45) is 0 Å². The molecule has 0 saturated carbocycles. The maximum Gasteiger partial charge on any atom is 0.417 e. The average Bonchev–Trinajstić information content (AvgIpc) is 3.33. The summed E-state index contributed by atoms with van der Waals surface area (Å²) in [7, 11) is 3.97. The Bertz CT molecular complexity index is 1410. The van der Waals surface area contributed by atoms with Crippen LogP contribution in [-0.2, 0) is 12.7 Å². The molecule has 0 spiro atoms. The molecular weight excluding hydrogens is 523 g/mol. The highest BCUT2D eigenvalue weighted by atomic mass is 35.5. The van der Waals surface area contributed by atoms with Gasteiger partial charge in [-0.1, -0.05) is 11.6 Å². The molecule has 2 heterocycles. The van der Waals surface area contributed by atoms with Crippen LogP contribution >= 0.6 is 11.6 Å². The van der Waals surface area contributed by atoms with Gasteiger partial charge in [-0.05, 0) is 62.6 Å². The lowest BCUT2D eigenvalue weighted by atomic mass is 10.2. The van der Waals surface area contributed by atoms with Crippen molar-refractivity contribution < 1.29 is 22.7 Å². The number of anilines is 2. The standard InChI is InChI=1S/C25H23ClF3N7O2/c1-35(2)11-12-36-15-31-34-23(36)22-14-19(9-10-30-22)38-18-6-3-16(4-7-18)32-24(37)33-17-5-8-21(26)20(13-17)25(27,28)29/h3-10,13-15H,11-12H2,1-2H3,(H2,32,33,37). The smallest absolute Gasteiger partial charge is 0.417 e. The molecule has 2 amide bonds. The molecule has 0 atom stereocenters. The third kappa shape index (κ3) is 6.99. The van der Waals surface area contributed by atoms with E-state index in [2.05, 4.69) is 30.7 Å². The van der Waals surface area contributed by atoms with Crippen molar-refractivity contribution in [3.05, 3.63) is 77.7 Å². The third-order valence-electron chi connectivity index (χ3n) is 5.24. The Morgan fingerprint density at radius 1 is 1.03 bits per heavy atom. The summed E-state index contributed by atoms with van der Waals surface area (Å²) < 4.78 is 46.9. The van der Waals surface area contributed by atoms with E-state index in [1.807, 2.05) is 18.7 Å². The van der Waals surface area contributed by atoms with Gasteiger partial charge in [0.15, 0.2) is 5.82 Å². The number of hydrogen-bond donors (Lipinski definition) is 2. The minimum Gasteiger partial charge on any atom is -0.457 e. The Morgan fingerprint density at radius 3 is 2.45 bits per heavy atom. The van der Waals surface area contributed by atoms with Gasteiger partial charge in [0.2, 0.25) is 0 Å². The number of alkyl halides is 3. The first-order valence-electron chi connectivity index (χ1n) is 11.3. The molecule has 4 aromatic rings. The van der Waals surface area contributed by atoms with Crippen LogP contribution in [0.4, 0.5) is 29.3 Å². The number of hydrogen-bond acceptors (Lipinski definition) is 6. The second-order valence-corrected chi connectivity index (χ2v) is 8.83. The molecule has 0 saturated heterocycles. The van der Waals surface area contributed by atoms with Crippen molar-refractivity contribution in [3.63, 3.8) is 0 Å². The number of nitrogens with one attached hydrogen (secondary N) is 2. The largest absolute Gasteiger partial charge is 0.457 e. The summed E-state index contributed by atoms with van der Waals surface area (Å²) in [5, 5.41) is 12.6. The molecule has 4 rings (SSSR count). The monoisotopic (exact) mass is 545 g/mol. The predicted molar refractivity (Wildman–Crippen MR) is 137 cm³/mol. The van der Waals surface area contributed by atoms with Crippen LogP contribution < -0.4 is 15.4 Å². The topological polar surface area (TPSA) is 97.2 Å². The lowest BCUT2D eigenvalue weighted by Crippen LogP contribution is -2.19. The van der Waals surface area contributed by atoms with Crippen LogP contribution in [0.25, 0.3) is 11.5 Å². The molecule has 9 nitrogen and oxygen atoms in total. The summed E-state index contributed by atoms with van der Waals surface area (Å²) in [6.07, 6.45) is -1.38. The molecule has 38 heavy (non-hydrogen) atoms. The van der Waals surface area contributed by atoms with Crippen molar-refractivity contribution in [2.75, 3.05) is 31.3 Å². The number of likely N-dealkylation sites (N-methyl/N-ethyl adjacent to an activating group) is 1. The first-order chi connectivity index (χ1) is 18.1. The summed E-state index contributed by atoms with van der Waals surface area (Å²) in [6, 6.07) is 12.3. The minimum absolute atomic E-state index is 0.0507. The summed E-state index contributed by atoms with van der Waals surface area (Å²) in [5.41, 5.74) is -0.0781. The van der Waals surface area contributed by atoms with Crippen LogP contribution in [-0.4, -0.2) is 51.3 Å². The molecule has 2 aromatic heterocycles. The van der Waals surface area contributed by atoms with Crippen molar-refractivity contribution in [1.29, 1.82) is 0 Å². The highest BCUT2D eigenvalue weighted by Crippen LogP contribution is 2.36. The first kappa shape index (κ1) is 26.9. The number of carbonyl (C=O) groups is 1. The van der Waals surface area contributed by atoms with Crippen LogP contribution in [0.3, 0.4) is 0 Å². The molecule has 2 aromatic carbocycles. The maximum atomic E-state index is 13.0. The zero-order valence-corrected chi connectivity index (χ0v) is 21.1. The quantitative estimate of drug-likeness (QED) is 0.281. The van der Waals surface area contributed by atoms with Crippen molar-refractivity contribution >= 4 is 29.0 Å². The third-order valence-corrected chi connectivity index (χ3v) is 5.57. The van der Waals surface area contributed by atoms with E-state index in [9.17, 15) is 18.0 Å². The Kier molecular flexibility index (Phi) is 8.13. The number of urea groups is 1. The highest BCUT2D eigenvalue weighted by molar-refractivity contribution is 6.31. The number of pyridine rings is 1. The molecule has 0 radical (unpaired) electrons. The van der Waals surface area contributed by atoms with Crippen LogP contribution in [0.15, 0.2) is 67.1 Å². The van der Waals surface area contributed by atoms with E-state index in [0.717, 1.165) is 18.7 Å². The van der Waals surface area contributed by atoms with E-state index in [-0.39, 0.29) is 5.69 Å². The lowest BCUT2D eigenvalue weighted by molar-refractivity contribution is -0.137. The molecular formula is C25H23ClF3N7O2. The van der Waals surface area contributed by atoms with E-state index >= 15 is 0 Å². The second-order valence-electron chi connectivity index (χ2n) is 8.43. The lowest BCUT2D eigenvalue weighted by Gasteiger charge is -2.13. The van der Waals surface area contributed by atoms with Crippen LogP contribution in [0, 0.1) is 0 Å². The van der Waals surface area contributed by atoms with Crippen molar-refractivity contribution in [3.8, 4) is 23.0 Å². The average molecular weight is 546 g/mol. The fourth-order valence-corrected chi connectivity index (χ4v) is 3.60. The van der Waals surface area contributed by atoms with E-state index in [1.165, 1.54) is 6.07 Å². The number of nitrogens with zero attached hydrogens (tertiary/aromatic N) is 5. The zero-order chi connectivity index (χ0) is 27.3. The number of aromatic nitrogens is 4. The van der Waals surface area contributed by atoms with Gasteiger partial charge in [0.1, 0.15) is 23.5 Å². The Morgan fingerprint density at radius 2 is 1.74 bits per heavy atom. The molecule has 0 fully saturated rings. The Balaban J connectivity index is 1.38. The van der Waals surface area contributed by atoms with E-state index < -0.39 is 22.8 Å². The maximum absolute atomic E-state index is 13.0. The van der Waals surface area contributed by atoms with E-state index in [0.29, 0.717) is 35.2 Å². The van der Waals surface area contributed by atoms with Crippen molar-refractivity contribution in [2.45, 2.75) is 12.7 Å². The number of rotatable bonds is 8. The van der Waals surface area contributed by atoms with Crippen molar-refractivity contribution in [1.82, 2.24) is 24.6 Å². The molecule has 0 aliphatic heterocycles. The molecule has 0 bridgehead atoms. The van der Waals surface area contributed by atoms with Gasteiger partial charge in [-0.25, -0.2) is 4.79 Å². The number of carbonyl (C=O) groups excluding carboxylic acids is 1. The number of benzene rings is 2. The van der Waals surface area contributed by atoms with Gasteiger partial charge in [-0.15, -0.1) is 10.2 Å². The highest BCUT2D eigenvalue weighted by Gasteiger charge is 2.33. The van der Waals surface area contributed by atoms with Gasteiger partial charge in [0.05, 0.1) is 10.6 Å². The predicted octanol–water partition coefficient (Wildman–Crippen LogP) is 6.01. The SMILES string of the molecule is CN(C)CCn1cnnc1-c1cc(Oc2ccc(NC(=O)Nc3ccc(Cl)c(C(F)(F)F)c3)cc2)ccn1. The number of halogens is 4. The van der Waals surface area contributed by atoms with Gasteiger partial charge in [0, 0.05) is 36.7 Å². The van der Waals surface area contributed by atoms with Gasteiger partial charge in [0.25, 0.3) is 0 Å². The molecule has 0 aliphatic rings. The van der Waals surface area contributed by atoms with Gasteiger partial charge < -0.3 is 24.8 Å². The van der Waals surface area contributed by atoms with E-state index in [1.54, 1.807) is 48.9 Å². The minimum atomic E-state index is -4.64. The van der Waals surface area contributed by atoms with Crippen LogP contribution in [0.2, 0.25) is 5.02 Å². The van der Waals surface area contributed by atoms with Crippen LogP contribution in [0.1, 0.15) is 5.56 Å². The first-order valence-corrected chi connectivity index (χ1v) is 11.7. The fraction of sp³-hybridized carbons (Fsp3) is 0.200. The summed E-state index contributed by atoms with van der Waals surface area (Å²) in [6.45, 7) is 1.51. The van der Waals surface area contributed by atoms with E-state index in [4.69, 9.17) is 16.3 Å². The normalized spacial score (nSPS) is 11.4. The molecule has 0 aliphatic carbocycles. The number of amides is 2. The molecule has 198 valence electrons. The molecule has 2 N–H and O–H groups in total. The molecule has 13 heteroatoms. The van der Waals surface area contributed by atoms with Gasteiger partial charge >= 0.3 is 12.2 Å². The number of ether oxygens (including phenoxy) is 1. The van der Waals surface area contributed by atoms with Gasteiger partial charge in [-0.3, -0.25) is 4.98 Å².